The van der Waals surface area contributed by atoms with Gasteiger partial charge in [-0.3, -0.25) is 4.90 Å². The fraction of sp³-hybridized carbons (Fsp3) is 0.818. The number of rotatable bonds is 8. The summed E-state index contributed by atoms with van der Waals surface area (Å²) in [6.07, 6.45) is 3.86. The molecule has 16 heavy (non-hydrogen) atoms. The van der Waals surface area contributed by atoms with Crippen LogP contribution in [0.25, 0.3) is 0 Å². The van der Waals surface area contributed by atoms with Gasteiger partial charge in [0.1, 0.15) is 12.2 Å². The van der Waals surface area contributed by atoms with Crippen molar-refractivity contribution in [3.63, 3.8) is 0 Å². The van der Waals surface area contributed by atoms with Gasteiger partial charge in [-0.2, -0.15) is 5.10 Å². The van der Waals surface area contributed by atoms with Crippen LogP contribution in [-0.4, -0.2) is 39.3 Å². The quantitative estimate of drug-likeness (QED) is 0.713. The fourth-order valence-electron chi connectivity index (χ4n) is 1.78. The van der Waals surface area contributed by atoms with Gasteiger partial charge >= 0.3 is 0 Å². The summed E-state index contributed by atoms with van der Waals surface area (Å²) in [5.41, 5.74) is 5.60. The largest absolute Gasteiger partial charge is 0.329 e. The lowest BCUT2D eigenvalue weighted by atomic mass is 10.3. The summed E-state index contributed by atoms with van der Waals surface area (Å²) in [6, 6.07) is 0. The lowest BCUT2D eigenvalue weighted by Gasteiger charge is -2.20. The van der Waals surface area contributed by atoms with E-state index in [2.05, 4.69) is 28.8 Å². The van der Waals surface area contributed by atoms with E-state index >= 15 is 0 Å². The van der Waals surface area contributed by atoms with Gasteiger partial charge in [0.25, 0.3) is 0 Å². The van der Waals surface area contributed by atoms with Crippen LogP contribution in [0.15, 0.2) is 6.33 Å². The highest BCUT2D eigenvalue weighted by atomic mass is 15.3. The first kappa shape index (κ1) is 13.1. The number of hydrogen-bond acceptors (Lipinski definition) is 4. The highest BCUT2D eigenvalue weighted by Crippen LogP contribution is 2.02. The Balaban J connectivity index is 2.57. The van der Waals surface area contributed by atoms with Crippen molar-refractivity contribution in [2.24, 2.45) is 5.73 Å². The third-order valence-electron chi connectivity index (χ3n) is 2.48. The molecule has 0 amide bonds. The summed E-state index contributed by atoms with van der Waals surface area (Å²) in [6.45, 7) is 8.81. The van der Waals surface area contributed by atoms with Crippen LogP contribution >= 0.6 is 0 Å². The number of aromatic nitrogens is 3. The van der Waals surface area contributed by atoms with E-state index in [-0.39, 0.29) is 0 Å². The normalized spacial score (nSPS) is 11.2. The van der Waals surface area contributed by atoms with Crippen molar-refractivity contribution in [1.82, 2.24) is 19.7 Å². The zero-order valence-electron chi connectivity index (χ0n) is 10.4. The van der Waals surface area contributed by atoms with Gasteiger partial charge in [-0.1, -0.05) is 13.8 Å². The number of nitrogens with two attached hydrogens (primary N) is 1. The van der Waals surface area contributed by atoms with E-state index in [1.165, 1.54) is 0 Å². The van der Waals surface area contributed by atoms with Gasteiger partial charge < -0.3 is 5.73 Å². The van der Waals surface area contributed by atoms with Gasteiger partial charge in [-0.15, -0.1) is 0 Å². The molecule has 1 heterocycles. The molecule has 0 spiro atoms. The van der Waals surface area contributed by atoms with Gasteiger partial charge in [0.05, 0.1) is 6.54 Å². The lowest BCUT2D eigenvalue weighted by molar-refractivity contribution is 0.261. The van der Waals surface area contributed by atoms with Gasteiger partial charge in [0, 0.05) is 19.6 Å². The predicted molar refractivity (Wildman–Crippen MR) is 64.9 cm³/mol. The third-order valence-corrected chi connectivity index (χ3v) is 2.48. The molecule has 2 N–H and O–H groups in total. The Morgan fingerprint density at radius 3 is 2.75 bits per heavy atom. The summed E-state index contributed by atoms with van der Waals surface area (Å²) >= 11 is 0. The number of nitrogens with zero attached hydrogens (tertiary/aromatic N) is 4. The molecule has 0 saturated heterocycles. The summed E-state index contributed by atoms with van der Waals surface area (Å²) in [4.78, 5) is 6.64. The molecule has 0 aliphatic carbocycles. The second kappa shape index (κ2) is 7.35. The zero-order valence-corrected chi connectivity index (χ0v) is 10.4. The molecule has 0 aliphatic rings. The molecule has 0 bridgehead atoms. The van der Waals surface area contributed by atoms with E-state index in [1.807, 2.05) is 4.68 Å². The number of hydrogen-bond donors (Lipinski definition) is 1. The summed E-state index contributed by atoms with van der Waals surface area (Å²) in [7, 11) is 0. The number of aryl methyl sites for hydroxylation is 1. The highest BCUT2D eigenvalue weighted by Gasteiger charge is 2.09. The van der Waals surface area contributed by atoms with Gasteiger partial charge in [-0.05, 0) is 19.4 Å². The molecule has 5 nitrogen and oxygen atoms in total. The second-order valence-corrected chi connectivity index (χ2v) is 3.96. The molecule has 0 saturated carbocycles. The molecule has 0 atom stereocenters. The van der Waals surface area contributed by atoms with Crippen molar-refractivity contribution >= 4 is 0 Å². The van der Waals surface area contributed by atoms with Gasteiger partial charge in [-0.25, -0.2) is 9.67 Å². The van der Waals surface area contributed by atoms with E-state index in [0.717, 1.165) is 44.8 Å². The van der Waals surface area contributed by atoms with Crippen molar-refractivity contribution in [2.75, 3.05) is 19.6 Å². The van der Waals surface area contributed by atoms with Crippen molar-refractivity contribution in [3.8, 4) is 0 Å². The fourth-order valence-corrected chi connectivity index (χ4v) is 1.78. The monoisotopic (exact) mass is 225 g/mol. The first-order valence-corrected chi connectivity index (χ1v) is 6.10. The van der Waals surface area contributed by atoms with Crippen molar-refractivity contribution in [3.05, 3.63) is 12.2 Å². The smallest absolute Gasteiger partial charge is 0.141 e. The molecular weight excluding hydrogens is 202 g/mol. The van der Waals surface area contributed by atoms with Crippen molar-refractivity contribution in [2.45, 2.75) is 39.8 Å². The Morgan fingerprint density at radius 2 is 2.12 bits per heavy atom. The standard InChI is InChI=1S/C11H23N5/c1-3-6-15(8-5-12)9-11-13-10-14-16(11)7-4-2/h10H,3-9,12H2,1-2H3. The third kappa shape index (κ3) is 3.90. The van der Waals surface area contributed by atoms with Crippen LogP contribution in [0.4, 0.5) is 0 Å². The Hall–Kier alpha value is -0.940. The lowest BCUT2D eigenvalue weighted by Crippen LogP contribution is -2.31. The molecule has 1 rings (SSSR count). The predicted octanol–water partition coefficient (Wildman–Crippen LogP) is 0.859. The van der Waals surface area contributed by atoms with Crippen molar-refractivity contribution < 1.29 is 0 Å². The molecule has 1 aromatic rings. The van der Waals surface area contributed by atoms with E-state index in [1.54, 1.807) is 6.33 Å². The van der Waals surface area contributed by atoms with Crippen molar-refractivity contribution in [1.29, 1.82) is 0 Å². The summed E-state index contributed by atoms with van der Waals surface area (Å²) in [5, 5.41) is 4.23. The molecule has 0 aromatic carbocycles. The van der Waals surface area contributed by atoms with Crippen LogP contribution in [0.2, 0.25) is 0 Å². The molecule has 0 fully saturated rings. The average Bonchev–Trinajstić information content (AvgIpc) is 2.67. The minimum Gasteiger partial charge on any atom is -0.329 e. The van der Waals surface area contributed by atoms with E-state index in [0.29, 0.717) is 6.54 Å². The average molecular weight is 225 g/mol. The first-order valence-electron chi connectivity index (χ1n) is 6.10. The first-order chi connectivity index (χ1) is 7.81. The Bertz CT molecular complexity index is 278. The second-order valence-electron chi connectivity index (χ2n) is 3.96. The Kier molecular flexibility index (Phi) is 6.03. The molecule has 0 aliphatic heterocycles. The molecule has 0 unspecified atom stereocenters. The van der Waals surface area contributed by atoms with Crippen LogP contribution in [0, 0.1) is 0 Å². The molecular formula is C11H23N5. The molecule has 92 valence electrons. The van der Waals surface area contributed by atoms with Crippen LogP contribution in [0.5, 0.6) is 0 Å². The topological polar surface area (TPSA) is 60.0 Å². The van der Waals surface area contributed by atoms with E-state index in [4.69, 9.17) is 5.73 Å². The van der Waals surface area contributed by atoms with Crippen LogP contribution < -0.4 is 5.73 Å². The maximum atomic E-state index is 5.60. The maximum absolute atomic E-state index is 5.60. The van der Waals surface area contributed by atoms with Gasteiger partial charge in [0.15, 0.2) is 0 Å². The van der Waals surface area contributed by atoms with E-state index in [9.17, 15) is 0 Å². The van der Waals surface area contributed by atoms with Gasteiger partial charge in [0.2, 0.25) is 0 Å². The zero-order chi connectivity index (χ0) is 11.8. The SMILES string of the molecule is CCCN(CCN)Cc1ncnn1CCC. The Morgan fingerprint density at radius 1 is 1.31 bits per heavy atom. The minimum atomic E-state index is 0.696. The van der Waals surface area contributed by atoms with Crippen LogP contribution in [0.3, 0.4) is 0 Å². The highest BCUT2D eigenvalue weighted by molar-refractivity contribution is 4.84. The summed E-state index contributed by atoms with van der Waals surface area (Å²) < 4.78 is 1.99. The maximum Gasteiger partial charge on any atom is 0.141 e. The Labute approximate surface area is 97.6 Å². The molecule has 1 aromatic heterocycles. The molecule has 5 heteroatoms. The van der Waals surface area contributed by atoms with Crippen LogP contribution in [0.1, 0.15) is 32.5 Å². The van der Waals surface area contributed by atoms with E-state index < -0.39 is 0 Å². The van der Waals surface area contributed by atoms with Crippen LogP contribution in [-0.2, 0) is 13.1 Å². The summed E-state index contributed by atoms with van der Waals surface area (Å²) in [5.74, 6) is 1.05. The minimum absolute atomic E-state index is 0.696. The molecule has 0 radical (unpaired) electrons.